The normalized spacial score (nSPS) is 17.4. The minimum atomic E-state index is 0.285. The molecule has 2 aliphatic rings. The van der Waals surface area contributed by atoms with Crippen molar-refractivity contribution in [2.24, 2.45) is 5.41 Å². The maximum absolute atomic E-state index is 5.07. The summed E-state index contributed by atoms with van der Waals surface area (Å²) in [6, 6.07) is 35.0. The van der Waals surface area contributed by atoms with Gasteiger partial charge in [0.05, 0.1) is 11.4 Å². The molecule has 6 rings (SSSR count). The number of aromatic nitrogens is 1. The highest BCUT2D eigenvalue weighted by molar-refractivity contribution is 6.79. The maximum atomic E-state index is 5.07. The Balaban J connectivity index is 1.40. The molecule has 4 aromatic rings. The summed E-state index contributed by atoms with van der Waals surface area (Å²) in [7, 11) is 0. The lowest BCUT2D eigenvalue weighted by molar-refractivity contribution is 0.242. The Labute approximate surface area is 228 Å². The quantitative estimate of drug-likeness (QED) is 0.254. The van der Waals surface area contributed by atoms with Gasteiger partial charge < -0.3 is 0 Å². The smallest absolute Gasteiger partial charge is 0.182 e. The van der Waals surface area contributed by atoms with Crippen LogP contribution < -0.4 is 5.46 Å². The molecule has 186 valence electrons. The van der Waals surface area contributed by atoms with Crippen LogP contribution in [0.4, 0.5) is 0 Å². The molecule has 0 spiro atoms. The zero-order chi connectivity index (χ0) is 26.3. The van der Waals surface area contributed by atoms with Gasteiger partial charge in [0.2, 0.25) is 0 Å². The Hall–Kier alpha value is -3.83. The average molecular weight is 491 g/mol. The lowest BCUT2D eigenvalue weighted by atomic mass is 9.13. The molecule has 1 aliphatic carbocycles. The fourth-order valence-corrected chi connectivity index (χ4v) is 5.98. The Kier molecular flexibility index (Phi) is 6.12. The van der Waals surface area contributed by atoms with Crippen LogP contribution >= 0.6 is 0 Å². The molecule has 2 heterocycles. The van der Waals surface area contributed by atoms with Gasteiger partial charge in [-0.3, -0.25) is 0 Å². The number of allylic oxidation sites excluding steroid dienone is 4. The first-order valence-corrected chi connectivity index (χ1v) is 13.8. The summed E-state index contributed by atoms with van der Waals surface area (Å²) in [5.41, 5.74) is 10.7. The predicted octanol–water partition coefficient (Wildman–Crippen LogP) is 8.94. The highest BCUT2D eigenvalue weighted by Gasteiger charge is 2.56. The van der Waals surface area contributed by atoms with E-state index in [1.54, 1.807) is 0 Å². The Morgan fingerprint density at radius 2 is 1.55 bits per heavy atom. The molecule has 0 radical (unpaired) electrons. The second-order valence-corrected chi connectivity index (χ2v) is 12.0. The van der Waals surface area contributed by atoms with Crippen molar-refractivity contribution in [2.75, 3.05) is 0 Å². The highest BCUT2D eigenvalue weighted by Crippen LogP contribution is 2.61. The lowest BCUT2D eigenvalue weighted by Crippen LogP contribution is -2.59. The molecule has 0 atom stereocenters. The molecule has 3 aromatic carbocycles. The van der Waals surface area contributed by atoms with E-state index in [4.69, 9.17) is 4.98 Å². The summed E-state index contributed by atoms with van der Waals surface area (Å²) in [6.07, 6.45) is 10.1. The fourth-order valence-electron chi connectivity index (χ4n) is 5.98. The summed E-state index contributed by atoms with van der Waals surface area (Å²) in [6.45, 7) is 10.2. The van der Waals surface area contributed by atoms with Crippen LogP contribution in [-0.2, 0) is 0 Å². The van der Waals surface area contributed by atoms with Crippen LogP contribution in [0.15, 0.2) is 97.1 Å². The number of rotatable bonds is 5. The Bertz CT molecular complexity index is 1540. The SMILES string of the molecule is CC1(C)CB(c2cccc(-c3c#ccc(-c4cc(C5=CCCC=C5)nc(-c5ccccc5)c4)c3)c2)C1(C)C. The summed E-state index contributed by atoms with van der Waals surface area (Å²) >= 11 is 0. The van der Waals surface area contributed by atoms with Crippen LogP contribution in [0.5, 0.6) is 0 Å². The van der Waals surface area contributed by atoms with E-state index in [-0.39, 0.29) is 5.31 Å². The zero-order valence-corrected chi connectivity index (χ0v) is 22.9. The van der Waals surface area contributed by atoms with Crippen molar-refractivity contribution in [3.63, 3.8) is 0 Å². The van der Waals surface area contributed by atoms with Crippen molar-refractivity contribution in [1.82, 2.24) is 4.98 Å². The van der Waals surface area contributed by atoms with E-state index in [0.29, 0.717) is 12.1 Å². The third-order valence-electron chi connectivity index (χ3n) is 9.18. The van der Waals surface area contributed by atoms with E-state index < -0.39 is 0 Å². The van der Waals surface area contributed by atoms with Crippen molar-refractivity contribution >= 4 is 17.7 Å². The predicted molar refractivity (Wildman–Crippen MR) is 163 cm³/mol. The molecule has 1 saturated heterocycles. The molecule has 0 bridgehead atoms. The van der Waals surface area contributed by atoms with Crippen molar-refractivity contribution in [2.45, 2.75) is 52.2 Å². The van der Waals surface area contributed by atoms with Gasteiger partial charge >= 0.3 is 0 Å². The second kappa shape index (κ2) is 9.48. The Morgan fingerprint density at radius 1 is 0.763 bits per heavy atom. The van der Waals surface area contributed by atoms with E-state index in [1.807, 2.05) is 6.07 Å². The standard InChI is InChI=1S/C36H34BN/c1-35(2)25-37(36(35,3)4)32-20-12-19-30(22-32)28-17-11-18-29(21-28)31-23-33(26-13-7-5-8-14-26)38-34(24-31)27-15-9-6-10-16-27/h5,7-9,12-16,18-24H,6,10,25H2,1-4H3. The van der Waals surface area contributed by atoms with E-state index >= 15 is 0 Å². The largest absolute Gasteiger partial charge is 0.248 e. The minimum absolute atomic E-state index is 0.285. The summed E-state index contributed by atoms with van der Waals surface area (Å²) in [4.78, 5) is 5.07. The van der Waals surface area contributed by atoms with Crippen LogP contribution in [0.25, 0.3) is 39.1 Å². The molecule has 1 nitrogen and oxygen atoms in total. The van der Waals surface area contributed by atoms with Crippen molar-refractivity contribution in [3.8, 4) is 33.5 Å². The van der Waals surface area contributed by atoms with Crippen LogP contribution in [0.2, 0.25) is 11.6 Å². The summed E-state index contributed by atoms with van der Waals surface area (Å²) in [5, 5.41) is 0.285. The third kappa shape index (κ3) is 4.41. The number of pyridine rings is 1. The van der Waals surface area contributed by atoms with Gasteiger partial charge in [-0.2, -0.15) is 0 Å². The van der Waals surface area contributed by atoms with Crippen LogP contribution in [0, 0.1) is 17.5 Å². The number of hydrogen-bond donors (Lipinski definition) is 0. The van der Waals surface area contributed by atoms with Gasteiger partial charge in [0.25, 0.3) is 0 Å². The molecule has 0 amide bonds. The van der Waals surface area contributed by atoms with Gasteiger partial charge in [-0.15, -0.1) is 0 Å². The summed E-state index contributed by atoms with van der Waals surface area (Å²) < 4.78 is 0. The molecule has 38 heavy (non-hydrogen) atoms. The molecule has 2 heteroatoms. The average Bonchev–Trinajstić information content (AvgIpc) is 2.97. The first kappa shape index (κ1) is 24.5. The maximum Gasteiger partial charge on any atom is 0.182 e. The van der Waals surface area contributed by atoms with Gasteiger partial charge in [-0.05, 0) is 70.1 Å². The number of hydrogen-bond acceptors (Lipinski definition) is 1. The zero-order valence-electron chi connectivity index (χ0n) is 22.9. The molecule has 0 unspecified atom stereocenters. The van der Waals surface area contributed by atoms with E-state index in [0.717, 1.165) is 46.5 Å². The fraction of sp³-hybridized carbons (Fsp3) is 0.250. The van der Waals surface area contributed by atoms with E-state index in [2.05, 4.69) is 131 Å². The van der Waals surface area contributed by atoms with Crippen molar-refractivity contribution in [1.29, 1.82) is 0 Å². The molecule has 0 N–H and O–H groups in total. The molecule has 1 fully saturated rings. The first-order chi connectivity index (χ1) is 18.3. The van der Waals surface area contributed by atoms with Gasteiger partial charge in [0.15, 0.2) is 6.71 Å². The summed E-state index contributed by atoms with van der Waals surface area (Å²) in [5.74, 6) is 0. The van der Waals surface area contributed by atoms with Gasteiger partial charge in [-0.25, -0.2) is 4.98 Å². The topological polar surface area (TPSA) is 12.9 Å². The van der Waals surface area contributed by atoms with Crippen LogP contribution in [0.1, 0.15) is 46.2 Å². The lowest BCUT2D eigenvalue weighted by Gasteiger charge is -2.57. The second-order valence-electron chi connectivity index (χ2n) is 12.0. The van der Waals surface area contributed by atoms with Gasteiger partial charge in [0, 0.05) is 11.1 Å². The molecular weight excluding hydrogens is 457 g/mol. The Morgan fingerprint density at radius 3 is 2.29 bits per heavy atom. The molecule has 1 aliphatic heterocycles. The molecule has 1 aromatic heterocycles. The first-order valence-electron chi connectivity index (χ1n) is 13.8. The monoisotopic (exact) mass is 491 g/mol. The van der Waals surface area contributed by atoms with Gasteiger partial charge in [-0.1, -0.05) is 124 Å². The van der Waals surface area contributed by atoms with E-state index in [1.165, 1.54) is 22.9 Å². The molecule has 0 saturated carbocycles. The van der Waals surface area contributed by atoms with E-state index in [9.17, 15) is 0 Å². The van der Waals surface area contributed by atoms with Crippen molar-refractivity contribution < 1.29 is 0 Å². The number of benzene rings is 2. The minimum Gasteiger partial charge on any atom is -0.248 e. The molecular formula is C36H34BN. The third-order valence-corrected chi connectivity index (χ3v) is 9.18. The number of nitrogens with zero attached hydrogens (tertiary/aromatic N) is 1. The van der Waals surface area contributed by atoms with Gasteiger partial charge in [0.1, 0.15) is 0 Å². The van der Waals surface area contributed by atoms with Crippen molar-refractivity contribution in [3.05, 3.63) is 115 Å². The van der Waals surface area contributed by atoms with Crippen LogP contribution in [0.3, 0.4) is 0 Å². The van der Waals surface area contributed by atoms with Crippen LogP contribution in [-0.4, -0.2) is 11.7 Å². The highest BCUT2D eigenvalue weighted by atomic mass is 14.7.